The Hall–Kier alpha value is -2.81. The number of ether oxygens (including phenoxy) is 3. The first-order valence-electron chi connectivity index (χ1n) is 8.74. The van der Waals surface area contributed by atoms with Gasteiger partial charge in [-0.2, -0.15) is 0 Å². The zero-order valence-electron chi connectivity index (χ0n) is 16.4. The predicted molar refractivity (Wildman–Crippen MR) is 125 cm³/mol. The molecule has 2 aromatic carbocycles. The highest BCUT2D eigenvalue weighted by atomic mass is 35.5. The molecule has 0 aliphatic carbocycles. The second-order valence-corrected chi connectivity index (χ2v) is 7.84. The fourth-order valence-corrected chi connectivity index (χ4v) is 4.28. The number of esters is 1. The summed E-state index contributed by atoms with van der Waals surface area (Å²) >= 11 is 13.1. The molecule has 6 nitrogen and oxygen atoms in total. The molecule has 2 N–H and O–H groups in total. The first-order chi connectivity index (χ1) is 14.5. The van der Waals surface area contributed by atoms with Crippen LogP contribution in [0.5, 0.6) is 11.5 Å². The van der Waals surface area contributed by atoms with E-state index < -0.39 is 5.97 Å². The van der Waals surface area contributed by atoms with Crippen molar-refractivity contribution in [2.45, 2.75) is 0 Å². The molecule has 0 saturated carbocycles. The third-order valence-corrected chi connectivity index (χ3v) is 5.74. The SMILES string of the molecule is COC(=O)c1cc(-c2ccccc2)sc1NC(=S)Nc1cc(Cl)c(OC)cc1OC. The molecule has 0 fully saturated rings. The number of benzene rings is 2. The van der Waals surface area contributed by atoms with E-state index in [0.717, 1.165) is 10.4 Å². The van der Waals surface area contributed by atoms with E-state index in [1.807, 2.05) is 30.3 Å². The van der Waals surface area contributed by atoms with E-state index in [2.05, 4.69) is 10.6 Å². The van der Waals surface area contributed by atoms with Gasteiger partial charge in [0.1, 0.15) is 16.5 Å². The van der Waals surface area contributed by atoms with Crippen LogP contribution in [0.25, 0.3) is 10.4 Å². The zero-order chi connectivity index (χ0) is 21.7. The third-order valence-electron chi connectivity index (χ3n) is 4.14. The van der Waals surface area contributed by atoms with E-state index in [4.69, 9.17) is 38.0 Å². The minimum Gasteiger partial charge on any atom is -0.495 e. The summed E-state index contributed by atoms with van der Waals surface area (Å²) in [6.07, 6.45) is 0. The fourth-order valence-electron chi connectivity index (χ4n) is 2.70. The molecule has 0 bridgehead atoms. The van der Waals surface area contributed by atoms with Crippen molar-refractivity contribution in [3.63, 3.8) is 0 Å². The molecule has 0 atom stereocenters. The number of thiocarbonyl (C=S) groups is 1. The van der Waals surface area contributed by atoms with Gasteiger partial charge in [-0.3, -0.25) is 0 Å². The second kappa shape index (κ2) is 9.80. The molecule has 30 heavy (non-hydrogen) atoms. The van der Waals surface area contributed by atoms with Gasteiger partial charge >= 0.3 is 5.97 Å². The van der Waals surface area contributed by atoms with Crippen molar-refractivity contribution < 1.29 is 19.0 Å². The molecule has 9 heteroatoms. The number of rotatable bonds is 6. The maximum atomic E-state index is 12.3. The number of halogens is 1. The van der Waals surface area contributed by atoms with Gasteiger partial charge in [-0.05, 0) is 29.9 Å². The van der Waals surface area contributed by atoms with Crippen molar-refractivity contribution in [2.24, 2.45) is 0 Å². The van der Waals surface area contributed by atoms with E-state index >= 15 is 0 Å². The predicted octanol–water partition coefficient (Wildman–Crippen LogP) is 5.68. The topological polar surface area (TPSA) is 68.8 Å². The van der Waals surface area contributed by atoms with Gasteiger partial charge in [0, 0.05) is 10.9 Å². The van der Waals surface area contributed by atoms with Crippen LogP contribution in [0.4, 0.5) is 10.7 Å². The zero-order valence-corrected chi connectivity index (χ0v) is 18.8. The maximum absolute atomic E-state index is 12.3. The summed E-state index contributed by atoms with van der Waals surface area (Å²) in [5, 5.41) is 7.35. The Labute approximate surface area is 188 Å². The summed E-state index contributed by atoms with van der Waals surface area (Å²) in [4.78, 5) is 13.2. The molecular formula is C21H19ClN2O4S2. The van der Waals surface area contributed by atoms with Crippen molar-refractivity contribution in [1.29, 1.82) is 0 Å². The van der Waals surface area contributed by atoms with Crippen molar-refractivity contribution in [3.05, 3.63) is 59.1 Å². The Kier molecular flexibility index (Phi) is 7.15. The number of carbonyl (C=O) groups is 1. The lowest BCUT2D eigenvalue weighted by Crippen LogP contribution is -2.20. The lowest BCUT2D eigenvalue weighted by atomic mass is 10.1. The summed E-state index contributed by atoms with van der Waals surface area (Å²) in [5.41, 5.74) is 1.94. The third kappa shape index (κ3) is 4.84. The number of hydrogen-bond donors (Lipinski definition) is 2. The molecule has 156 valence electrons. The molecular weight excluding hydrogens is 444 g/mol. The molecule has 3 aromatic rings. The van der Waals surface area contributed by atoms with E-state index in [9.17, 15) is 4.79 Å². The standard InChI is InChI=1S/C21H19ClN2O4S2/c1-26-16-11-17(27-2)15(10-14(16)22)23-21(29)24-19-13(20(25)28-3)9-18(30-19)12-7-5-4-6-8-12/h4-11H,1-3H3,(H2,23,24,29). The largest absolute Gasteiger partial charge is 0.495 e. The normalized spacial score (nSPS) is 10.3. The minimum atomic E-state index is -0.455. The van der Waals surface area contributed by atoms with Crippen molar-refractivity contribution >= 4 is 56.9 Å². The molecule has 0 aliphatic rings. The molecule has 3 rings (SSSR count). The average molecular weight is 463 g/mol. The van der Waals surface area contributed by atoms with Gasteiger partial charge in [0.05, 0.1) is 37.6 Å². The number of methoxy groups -OCH3 is 3. The van der Waals surface area contributed by atoms with Gasteiger partial charge < -0.3 is 24.8 Å². The lowest BCUT2D eigenvalue weighted by Gasteiger charge is -2.15. The summed E-state index contributed by atoms with van der Waals surface area (Å²) in [7, 11) is 4.40. The Morgan fingerprint density at radius 1 is 1.00 bits per heavy atom. The van der Waals surface area contributed by atoms with Gasteiger partial charge in [0.15, 0.2) is 5.11 Å². The van der Waals surface area contributed by atoms with Gasteiger partial charge in [0.2, 0.25) is 0 Å². The molecule has 0 saturated heterocycles. The van der Waals surface area contributed by atoms with E-state index in [1.165, 1.54) is 32.7 Å². The quantitative estimate of drug-likeness (QED) is 0.360. The molecule has 0 unspecified atom stereocenters. The fraction of sp³-hybridized carbons (Fsp3) is 0.143. The lowest BCUT2D eigenvalue weighted by molar-refractivity contribution is 0.0602. The highest BCUT2D eigenvalue weighted by Crippen LogP contribution is 2.38. The molecule has 0 radical (unpaired) electrons. The number of thiophene rings is 1. The van der Waals surface area contributed by atoms with Gasteiger partial charge in [-0.25, -0.2) is 4.79 Å². The van der Waals surface area contributed by atoms with Crippen LogP contribution in [-0.2, 0) is 4.74 Å². The van der Waals surface area contributed by atoms with Gasteiger partial charge in [-0.1, -0.05) is 41.9 Å². The maximum Gasteiger partial charge on any atom is 0.340 e. The van der Waals surface area contributed by atoms with Crippen LogP contribution in [0.3, 0.4) is 0 Å². The molecule has 0 aliphatic heterocycles. The monoisotopic (exact) mass is 462 g/mol. The van der Waals surface area contributed by atoms with Crippen LogP contribution >= 0.6 is 35.2 Å². The van der Waals surface area contributed by atoms with Gasteiger partial charge in [-0.15, -0.1) is 11.3 Å². The van der Waals surface area contributed by atoms with Crippen LogP contribution in [0.15, 0.2) is 48.5 Å². The van der Waals surface area contributed by atoms with Crippen LogP contribution in [0, 0.1) is 0 Å². The highest BCUT2D eigenvalue weighted by Gasteiger charge is 2.19. The van der Waals surface area contributed by atoms with Gasteiger partial charge in [0.25, 0.3) is 0 Å². The van der Waals surface area contributed by atoms with E-state index in [0.29, 0.717) is 32.8 Å². The Morgan fingerprint density at radius 2 is 1.70 bits per heavy atom. The van der Waals surface area contributed by atoms with Crippen molar-refractivity contribution in [2.75, 3.05) is 32.0 Å². The summed E-state index contributed by atoms with van der Waals surface area (Å²) < 4.78 is 15.5. The Bertz CT molecular complexity index is 1070. The highest BCUT2D eigenvalue weighted by molar-refractivity contribution is 7.80. The van der Waals surface area contributed by atoms with Crippen LogP contribution in [0.1, 0.15) is 10.4 Å². The van der Waals surface area contributed by atoms with Crippen molar-refractivity contribution in [1.82, 2.24) is 0 Å². The molecule has 0 spiro atoms. The number of carbonyl (C=O) groups excluding carboxylic acids is 1. The number of nitrogens with one attached hydrogen (secondary N) is 2. The Balaban J connectivity index is 1.87. The molecule has 1 heterocycles. The van der Waals surface area contributed by atoms with Crippen LogP contribution in [-0.4, -0.2) is 32.4 Å². The second-order valence-electron chi connectivity index (χ2n) is 5.98. The molecule has 1 aromatic heterocycles. The Morgan fingerprint density at radius 3 is 2.33 bits per heavy atom. The summed E-state index contributed by atoms with van der Waals surface area (Å²) in [6.45, 7) is 0. The van der Waals surface area contributed by atoms with Crippen molar-refractivity contribution in [3.8, 4) is 21.9 Å². The smallest absolute Gasteiger partial charge is 0.340 e. The average Bonchev–Trinajstić information content (AvgIpc) is 3.17. The molecule has 0 amide bonds. The summed E-state index contributed by atoms with van der Waals surface area (Å²) in [5.74, 6) is 0.533. The first-order valence-corrected chi connectivity index (χ1v) is 10.3. The van der Waals surface area contributed by atoms with E-state index in [1.54, 1.807) is 18.2 Å². The first kappa shape index (κ1) is 21.9. The minimum absolute atomic E-state index is 0.265. The summed E-state index contributed by atoms with van der Waals surface area (Å²) in [6, 6.07) is 14.8. The van der Waals surface area contributed by atoms with Crippen LogP contribution < -0.4 is 20.1 Å². The van der Waals surface area contributed by atoms with E-state index in [-0.39, 0.29) is 5.11 Å². The number of hydrogen-bond acceptors (Lipinski definition) is 6. The number of anilines is 2. The van der Waals surface area contributed by atoms with Crippen LogP contribution in [0.2, 0.25) is 5.02 Å².